The van der Waals surface area contributed by atoms with Gasteiger partial charge in [0.1, 0.15) is 11.5 Å². The fourth-order valence-corrected chi connectivity index (χ4v) is 5.78. The van der Waals surface area contributed by atoms with Gasteiger partial charge in [0, 0.05) is 0 Å². The molecule has 0 amide bonds. The standard InChI is InChI=1S/C12H18O.C11H13F3.C10H12Cl2O.C10H14O/c1-8(2)5-11-6-9(3)12(13)10(4)7-11;1-8(2)7-9-3-5-10(6-4-9)11(12,13)14;1-6(2)3-7-4-8(11)10(13)9(12)5-7;1-8(2)7-9-3-5-10(11)6-4-9/h6-8,13H,5H2,1-4H3;3-6,8H,7H2,1-2H3;4-6,13H,3H2,1-2H3;3-6,8,11H,7H2,1-2H3. The minimum Gasteiger partial charge on any atom is -0.508 e. The third-order valence-electron chi connectivity index (χ3n) is 7.42. The van der Waals surface area contributed by atoms with Gasteiger partial charge >= 0.3 is 6.18 Å². The summed E-state index contributed by atoms with van der Waals surface area (Å²) in [7, 11) is 0. The molecular formula is C43H57Cl2F3O3. The highest BCUT2D eigenvalue weighted by atomic mass is 35.5. The number of phenols is 3. The van der Waals surface area contributed by atoms with Crippen molar-refractivity contribution < 1.29 is 28.5 Å². The summed E-state index contributed by atoms with van der Waals surface area (Å²) < 4.78 is 36.5. The first-order valence-electron chi connectivity index (χ1n) is 17.5. The van der Waals surface area contributed by atoms with Crippen molar-refractivity contribution in [2.45, 2.75) is 101 Å². The Morgan fingerprint density at radius 1 is 0.490 bits per heavy atom. The van der Waals surface area contributed by atoms with Gasteiger partial charge < -0.3 is 15.3 Å². The Morgan fingerprint density at radius 2 is 0.804 bits per heavy atom. The molecule has 0 aliphatic carbocycles. The summed E-state index contributed by atoms with van der Waals surface area (Å²) in [5.74, 6) is 3.12. The van der Waals surface area contributed by atoms with Gasteiger partial charge in [-0.2, -0.15) is 13.2 Å². The van der Waals surface area contributed by atoms with E-state index in [0.717, 1.165) is 60.1 Å². The molecule has 0 unspecified atom stereocenters. The molecule has 0 saturated heterocycles. The quantitative estimate of drug-likeness (QED) is 0.168. The van der Waals surface area contributed by atoms with Crippen LogP contribution >= 0.6 is 23.2 Å². The van der Waals surface area contributed by atoms with Gasteiger partial charge in [0.15, 0.2) is 5.75 Å². The predicted molar refractivity (Wildman–Crippen MR) is 209 cm³/mol. The average molecular weight is 750 g/mol. The molecule has 0 fully saturated rings. The van der Waals surface area contributed by atoms with Crippen LogP contribution in [0.4, 0.5) is 13.2 Å². The number of aryl methyl sites for hydroxylation is 2. The number of alkyl halides is 3. The van der Waals surface area contributed by atoms with Crippen molar-refractivity contribution in [1.29, 1.82) is 0 Å². The van der Waals surface area contributed by atoms with Gasteiger partial charge in [-0.05, 0) is 133 Å². The number of halogens is 5. The molecule has 0 spiro atoms. The molecular weight excluding hydrogens is 692 g/mol. The van der Waals surface area contributed by atoms with Crippen molar-refractivity contribution >= 4 is 23.2 Å². The topological polar surface area (TPSA) is 60.7 Å². The van der Waals surface area contributed by atoms with E-state index in [2.05, 4.69) is 53.7 Å². The fourth-order valence-electron chi connectivity index (χ4n) is 5.25. The van der Waals surface area contributed by atoms with Crippen molar-refractivity contribution in [2.75, 3.05) is 0 Å². The molecule has 4 rings (SSSR count). The molecule has 0 saturated carbocycles. The van der Waals surface area contributed by atoms with Crippen molar-refractivity contribution in [2.24, 2.45) is 23.7 Å². The highest BCUT2D eigenvalue weighted by Crippen LogP contribution is 2.33. The molecule has 4 aromatic carbocycles. The Morgan fingerprint density at radius 3 is 1.14 bits per heavy atom. The molecule has 8 heteroatoms. The van der Waals surface area contributed by atoms with Crippen LogP contribution in [0.25, 0.3) is 0 Å². The summed E-state index contributed by atoms with van der Waals surface area (Å²) in [5.41, 5.74) is 6.01. The molecule has 4 aromatic rings. The Balaban J connectivity index is 0.000000341. The second kappa shape index (κ2) is 21.9. The molecule has 3 N–H and O–H groups in total. The zero-order valence-corrected chi connectivity index (χ0v) is 33.3. The number of benzene rings is 4. The van der Waals surface area contributed by atoms with E-state index in [9.17, 15) is 23.4 Å². The maximum Gasteiger partial charge on any atom is 0.416 e. The van der Waals surface area contributed by atoms with Gasteiger partial charge in [-0.1, -0.05) is 115 Å². The summed E-state index contributed by atoms with van der Waals surface area (Å²) in [4.78, 5) is 0. The summed E-state index contributed by atoms with van der Waals surface area (Å²) in [6, 6.07) is 20.4. The highest BCUT2D eigenvalue weighted by molar-refractivity contribution is 6.37. The van der Waals surface area contributed by atoms with Gasteiger partial charge in [-0.25, -0.2) is 0 Å². The summed E-state index contributed by atoms with van der Waals surface area (Å²) in [5, 5.41) is 28.5. The number of hydrogen-bond acceptors (Lipinski definition) is 3. The largest absolute Gasteiger partial charge is 0.508 e. The second-order valence-corrected chi connectivity index (χ2v) is 15.6. The Bertz CT molecular complexity index is 1490. The van der Waals surface area contributed by atoms with E-state index in [4.69, 9.17) is 28.3 Å². The van der Waals surface area contributed by atoms with Crippen molar-refractivity contribution in [3.8, 4) is 17.2 Å². The van der Waals surface area contributed by atoms with Crippen LogP contribution in [0.1, 0.15) is 94.3 Å². The normalized spacial score (nSPS) is 11.1. The SMILES string of the molecule is CC(C)Cc1cc(Cl)c(O)c(Cl)c1.CC(C)Cc1ccc(C(F)(F)F)cc1.CC(C)Cc1ccc(O)cc1.Cc1cc(CC(C)C)cc(C)c1O. The lowest BCUT2D eigenvalue weighted by Crippen LogP contribution is -2.04. The van der Waals surface area contributed by atoms with Gasteiger partial charge in [0.05, 0.1) is 15.6 Å². The van der Waals surface area contributed by atoms with Crippen molar-refractivity contribution in [3.63, 3.8) is 0 Å². The Hall–Kier alpha value is -3.35. The summed E-state index contributed by atoms with van der Waals surface area (Å²) in [6.45, 7) is 21.0. The van der Waals surface area contributed by atoms with Crippen LogP contribution in [0.3, 0.4) is 0 Å². The maximum absolute atomic E-state index is 12.2. The number of phenolic OH excluding ortho intramolecular Hbond substituents is 3. The lowest BCUT2D eigenvalue weighted by atomic mass is 9.98. The smallest absolute Gasteiger partial charge is 0.416 e. The molecule has 0 atom stereocenters. The molecule has 0 aromatic heterocycles. The van der Waals surface area contributed by atoms with Crippen LogP contribution in [0, 0.1) is 37.5 Å². The van der Waals surface area contributed by atoms with E-state index in [-0.39, 0.29) is 5.75 Å². The monoisotopic (exact) mass is 748 g/mol. The second-order valence-electron chi connectivity index (χ2n) is 14.7. The average Bonchev–Trinajstić information content (AvgIpc) is 2.99. The van der Waals surface area contributed by atoms with Crippen LogP contribution in [0.15, 0.2) is 72.8 Å². The molecule has 0 bridgehead atoms. The van der Waals surface area contributed by atoms with Crippen LogP contribution in [-0.4, -0.2) is 15.3 Å². The van der Waals surface area contributed by atoms with Crippen LogP contribution < -0.4 is 0 Å². The molecule has 51 heavy (non-hydrogen) atoms. The zero-order chi connectivity index (χ0) is 39.1. The first kappa shape index (κ1) is 45.7. The van der Waals surface area contributed by atoms with Gasteiger partial charge in [0.25, 0.3) is 0 Å². The van der Waals surface area contributed by atoms with E-state index >= 15 is 0 Å². The first-order chi connectivity index (χ1) is 23.6. The third-order valence-corrected chi connectivity index (χ3v) is 8.00. The number of hydrogen-bond donors (Lipinski definition) is 3. The third kappa shape index (κ3) is 18.6. The fraction of sp³-hybridized carbons (Fsp3) is 0.442. The van der Waals surface area contributed by atoms with Crippen LogP contribution in [-0.2, 0) is 31.9 Å². The van der Waals surface area contributed by atoms with Gasteiger partial charge in [0.2, 0.25) is 0 Å². The molecule has 282 valence electrons. The number of aromatic hydroxyl groups is 3. The van der Waals surface area contributed by atoms with Gasteiger partial charge in [-0.15, -0.1) is 0 Å². The molecule has 0 aliphatic rings. The lowest BCUT2D eigenvalue weighted by molar-refractivity contribution is -0.137. The Labute approximate surface area is 314 Å². The molecule has 0 aliphatic heterocycles. The summed E-state index contributed by atoms with van der Waals surface area (Å²) in [6.07, 6.45) is -0.323. The Kier molecular flexibility index (Phi) is 19.6. The number of rotatable bonds is 8. The zero-order valence-electron chi connectivity index (χ0n) is 31.8. The lowest BCUT2D eigenvalue weighted by Gasteiger charge is -2.09. The molecule has 0 heterocycles. The van der Waals surface area contributed by atoms with E-state index in [1.807, 2.05) is 39.8 Å². The minimum atomic E-state index is -4.23. The van der Waals surface area contributed by atoms with Crippen LogP contribution in [0.2, 0.25) is 10.0 Å². The van der Waals surface area contributed by atoms with Crippen LogP contribution in [0.5, 0.6) is 17.2 Å². The van der Waals surface area contributed by atoms with Crippen molar-refractivity contribution in [1.82, 2.24) is 0 Å². The van der Waals surface area contributed by atoms with E-state index in [1.165, 1.54) is 11.1 Å². The van der Waals surface area contributed by atoms with Crippen molar-refractivity contribution in [3.05, 3.63) is 122 Å². The first-order valence-corrected chi connectivity index (χ1v) is 18.2. The van der Waals surface area contributed by atoms with Gasteiger partial charge in [-0.3, -0.25) is 0 Å². The molecule has 0 radical (unpaired) electrons. The van der Waals surface area contributed by atoms with E-state index in [0.29, 0.717) is 45.2 Å². The van der Waals surface area contributed by atoms with E-state index in [1.54, 1.807) is 36.4 Å². The minimum absolute atomic E-state index is 0.0316. The molecule has 3 nitrogen and oxygen atoms in total. The summed E-state index contributed by atoms with van der Waals surface area (Å²) >= 11 is 11.5. The van der Waals surface area contributed by atoms with E-state index < -0.39 is 11.7 Å². The predicted octanol–water partition coefficient (Wildman–Crippen LogP) is 13.6. The maximum atomic E-state index is 12.2. The highest BCUT2D eigenvalue weighted by Gasteiger charge is 2.29.